The Balaban J connectivity index is 1.57. The fourth-order valence-corrected chi connectivity index (χ4v) is 3.08. The molecular weight excluding hydrogens is 302 g/mol. The number of rotatable bonds is 5. The Bertz CT molecular complexity index is 644. The standard InChI is InChI=1S/C13H19N7OS/c1-9(2)10-7-14-13(22-10)15-11(21)8-20-17-12(16-18-20)19-5-3-4-6-19/h7,9H,3-6,8H2,1-2H3,(H,14,15,21). The molecule has 2 aromatic rings. The van der Waals surface area contributed by atoms with Crippen molar-refractivity contribution in [1.29, 1.82) is 0 Å². The molecule has 2 aromatic heterocycles. The van der Waals surface area contributed by atoms with Gasteiger partial charge >= 0.3 is 0 Å². The molecule has 3 heterocycles. The molecule has 8 nitrogen and oxygen atoms in total. The minimum atomic E-state index is -0.199. The number of amides is 1. The number of nitrogens with zero attached hydrogens (tertiary/aromatic N) is 6. The van der Waals surface area contributed by atoms with Crippen LogP contribution in [0.3, 0.4) is 0 Å². The molecule has 0 bridgehead atoms. The van der Waals surface area contributed by atoms with Crippen LogP contribution in [0, 0.1) is 0 Å². The van der Waals surface area contributed by atoms with E-state index in [4.69, 9.17) is 0 Å². The van der Waals surface area contributed by atoms with E-state index in [9.17, 15) is 4.79 Å². The maximum Gasteiger partial charge on any atom is 0.266 e. The van der Waals surface area contributed by atoms with Crippen molar-refractivity contribution < 1.29 is 4.79 Å². The maximum absolute atomic E-state index is 12.0. The van der Waals surface area contributed by atoms with Crippen LogP contribution in [-0.2, 0) is 11.3 Å². The van der Waals surface area contributed by atoms with E-state index in [0.29, 0.717) is 17.0 Å². The molecule has 0 aliphatic carbocycles. The van der Waals surface area contributed by atoms with Gasteiger partial charge in [-0.05, 0) is 24.0 Å². The van der Waals surface area contributed by atoms with Gasteiger partial charge in [-0.2, -0.15) is 4.80 Å². The zero-order valence-corrected chi connectivity index (χ0v) is 13.5. The fourth-order valence-electron chi connectivity index (χ4n) is 2.24. The van der Waals surface area contributed by atoms with E-state index >= 15 is 0 Å². The first-order valence-electron chi connectivity index (χ1n) is 7.40. The first-order valence-corrected chi connectivity index (χ1v) is 8.22. The van der Waals surface area contributed by atoms with Gasteiger partial charge in [-0.25, -0.2) is 4.98 Å². The molecule has 0 spiro atoms. The average Bonchev–Trinajstić information content (AvgIpc) is 3.18. The highest BCUT2D eigenvalue weighted by Gasteiger charge is 2.18. The number of carbonyl (C=O) groups excluding carboxylic acids is 1. The monoisotopic (exact) mass is 321 g/mol. The minimum Gasteiger partial charge on any atom is -0.338 e. The van der Waals surface area contributed by atoms with Crippen molar-refractivity contribution >= 4 is 28.3 Å². The lowest BCUT2D eigenvalue weighted by atomic mass is 10.2. The third-order valence-corrected chi connectivity index (χ3v) is 4.67. The second-order valence-corrected chi connectivity index (χ2v) is 6.65. The molecule has 0 atom stereocenters. The molecule has 0 radical (unpaired) electrons. The van der Waals surface area contributed by atoms with E-state index in [1.165, 1.54) is 16.1 Å². The minimum absolute atomic E-state index is 0.0391. The molecule has 9 heteroatoms. The molecule has 1 N–H and O–H groups in total. The number of carbonyl (C=O) groups is 1. The summed E-state index contributed by atoms with van der Waals surface area (Å²) in [5.41, 5.74) is 0. The van der Waals surface area contributed by atoms with Gasteiger partial charge in [0.05, 0.1) is 0 Å². The molecule has 0 unspecified atom stereocenters. The van der Waals surface area contributed by atoms with Crippen LogP contribution >= 0.6 is 11.3 Å². The van der Waals surface area contributed by atoms with Gasteiger partial charge < -0.3 is 10.2 Å². The summed E-state index contributed by atoms with van der Waals surface area (Å²) in [6.45, 7) is 6.14. The van der Waals surface area contributed by atoms with E-state index in [1.807, 2.05) is 0 Å². The first kappa shape index (κ1) is 14.9. The Morgan fingerprint density at radius 3 is 2.86 bits per heavy atom. The number of nitrogens with one attached hydrogen (secondary N) is 1. The van der Waals surface area contributed by atoms with Crippen molar-refractivity contribution in [2.24, 2.45) is 0 Å². The quantitative estimate of drug-likeness (QED) is 0.897. The van der Waals surface area contributed by atoms with Crippen LogP contribution in [0.5, 0.6) is 0 Å². The van der Waals surface area contributed by atoms with Crippen molar-refractivity contribution in [2.75, 3.05) is 23.3 Å². The molecule has 0 saturated carbocycles. The SMILES string of the molecule is CC(C)c1cnc(NC(=O)Cn2nnc(N3CCCC3)n2)s1. The van der Waals surface area contributed by atoms with Crippen LogP contribution in [0.1, 0.15) is 37.5 Å². The number of aromatic nitrogens is 5. The highest BCUT2D eigenvalue weighted by molar-refractivity contribution is 7.15. The molecule has 1 amide bonds. The van der Waals surface area contributed by atoms with E-state index in [2.05, 4.69) is 44.5 Å². The Morgan fingerprint density at radius 1 is 1.41 bits per heavy atom. The highest BCUT2D eigenvalue weighted by Crippen LogP contribution is 2.25. The summed E-state index contributed by atoms with van der Waals surface area (Å²) in [6, 6.07) is 0. The molecule has 1 aliphatic rings. The number of anilines is 2. The maximum atomic E-state index is 12.0. The highest BCUT2D eigenvalue weighted by atomic mass is 32.1. The smallest absolute Gasteiger partial charge is 0.266 e. The summed E-state index contributed by atoms with van der Waals surface area (Å²) in [5.74, 6) is 0.805. The van der Waals surface area contributed by atoms with Gasteiger partial charge in [-0.15, -0.1) is 16.4 Å². The molecule has 1 aliphatic heterocycles. The molecule has 1 saturated heterocycles. The molecular formula is C13H19N7OS. The lowest BCUT2D eigenvalue weighted by Crippen LogP contribution is -2.22. The van der Waals surface area contributed by atoms with Crippen molar-refractivity contribution in [1.82, 2.24) is 25.2 Å². The van der Waals surface area contributed by atoms with Crippen molar-refractivity contribution in [3.8, 4) is 0 Å². The van der Waals surface area contributed by atoms with Gasteiger partial charge in [-0.1, -0.05) is 18.9 Å². The largest absolute Gasteiger partial charge is 0.338 e. The van der Waals surface area contributed by atoms with Crippen LogP contribution in [0.4, 0.5) is 11.1 Å². The predicted molar refractivity (Wildman–Crippen MR) is 84.1 cm³/mol. The molecule has 0 aromatic carbocycles. The lowest BCUT2D eigenvalue weighted by Gasteiger charge is -2.09. The third-order valence-electron chi connectivity index (χ3n) is 3.46. The van der Waals surface area contributed by atoms with E-state index in [0.717, 1.165) is 30.8 Å². The Kier molecular flexibility index (Phi) is 4.32. The number of thiazole rings is 1. The zero-order valence-electron chi connectivity index (χ0n) is 12.7. The Hall–Kier alpha value is -2.03. The normalized spacial score (nSPS) is 14.8. The van der Waals surface area contributed by atoms with Crippen LogP contribution in [0.15, 0.2) is 6.20 Å². The summed E-state index contributed by atoms with van der Waals surface area (Å²) in [7, 11) is 0. The molecule has 118 valence electrons. The summed E-state index contributed by atoms with van der Waals surface area (Å²) in [6.07, 6.45) is 4.10. The fraction of sp³-hybridized carbons (Fsp3) is 0.615. The van der Waals surface area contributed by atoms with E-state index < -0.39 is 0 Å². The van der Waals surface area contributed by atoms with Gasteiger partial charge in [0.1, 0.15) is 6.54 Å². The predicted octanol–water partition coefficient (Wildman–Crippen LogP) is 1.49. The van der Waals surface area contributed by atoms with E-state index in [-0.39, 0.29) is 12.5 Å². The number of tetrazole rings is 1. The second kappa shape index (κ2) is 6.39. The van der Waals surface area contributed by atoms with Crippen LogP contribution in [-0.4, -0.2) is 44.2 Å². The molecule has 3 rings (SSSR count). The van der Waals surface area contributed by atoms with Crippen molar-refractivity contribution in [3.63, 3.8) is 0 Å². The van der Waals surface area contributed by atoms with Gasteiger partial charge in [0.25, 0.3) is 5.95 Å². The van der Waals surface area contributed by atoms with Crippen LogP contribution in [0.2, 0.25) is 0 Å². The summed E-state index contributed by atoms with van der Waals surface area (Å²) in [4.78, 5) is 20.7. The zero-order chi connectivity index (χ0) is 15.5. The number of hydrogen-bond acceptors (Lipinski definition) is 7. The average molecular weight is 321 g/mol. The lowest BCUT2D eigenvalue weighted by molar-refractivity contribution is -0.117. The first-order chi connectivity index (χ1) is 10.6. The van der Waals surface area contributed by atoms with Crippen molar-refractivity contribution in [2.45, 2.75) is 39.2 Å². The second-order valence-electron chi connectivity index (χ2n) is 5.58. The topological polar surface area (TPSA) is 88.8 Å². The molecule has 22 heavy (non-hydrogen) atoms. The van der Waals surface area contributed by atoms with Gasteiger partial charge in [0, 0.05) is 24.2 Å². The van der Waals surface area contributed by atoms with Crippen LogP contribution < -0.4 is 10.2 Å². The number of hydrogen-bond donors (Lipinski definition) is 1. The Morgan fingerprint density at radius 2 is 2.18 bits per heavy atom. The third kappa shape index (κ3) is 3.41. The summed E-state index contributed by atoms with van der Waals surface area (Å²) >= 11 is 1.49. The molecule has 1 fully saturated rings. The van der Waals surface area contributed by atoms with Gasteiger partial charge in [0.2, 0.25) is 5.91 Å². The van der Waals surface area contributed by atoms with Crippen molar-refractivity contribution in [3.05, 3.63) is 11.1 Å². The Labute approximate surface area is 132 Å². The van der Waals surface area contributed by atoms with Gasteiger partial charge in [0.15, 0.2) is 5.13 Å². The van der Waals surface area contributed by atoms with E-state index in [1.54, 1.807) is 6.20 Å². The van der Waals surface area contributed by atoms with Gasteiger partial charge in [-0.3, -0.25) is 4.79 Å². The summed E-state index contributed by atoms with van der Waals surface area (Å²) in [5, 5.41) is 15.6. The van der Waals surface area contributed by atoms with Crippen LogP contribution in [0.25, 0.3) is 0 Å². The summed E-state index contributed by atoms with van der Waals surface area (Å²) < 4.78 is 0.